The molecule has 16 heavy (non-hydrogen) atoms. The average Bonchev–Trinajstić information content (AvgIpc) is 2.57. The first-order valence-corrected chi connectivity index (χ1v) is 4.85. The van der Waals surface area contributed by atoms with Gasteiger partial charge in [-0.3, -0.25) is 4.79 Å². The Kier molecular flexibility index (Phi) is 2.54. The third-order valence-corrected chi connectivity index (χ3v) is 2.42. The van der Waals surface area contributed by atoms with Crippen molar-refractivity contribution in [1.82, 2.24) is 0 Å². The van der Waals surface area contributed by atoms with E-state index in [2.05, 4.69) is 0 Å². The van der Waals surface area contributed by atoms with Gasteiger partial charge in [-0.25, -0.2) is 0 Å². The molecule has 5 heteroatoms. The Labute approximate surface area is 91.6 Å². The lowest BCUT2D eigenvalue weighted by Crippen LogP contribution is -2.11. The molecular formula is C11H12N2O3. The fourth-order valence-corrected chi connectivity index (χ4v) is 1.63. The second-order valence-electron chi connectivity index (χ2n) is 3.51. The highest BCUT2D eigenvalue weighted by molar-refractivity contribution is 6.04. The van der Waals surface area contributed by atoms with Crippen molar-refractivity contribution in [2.75, 3.05) is 12.3 Å². The van der Waals surface area contributed by atoms with Gasteiger partial charge in [0.25, 0.3) is 5.91 Å². The van der Waals surface area contributed by atoms with Crippen molar-refractivity contribution in [3.63, 3.8) is 0 Å². The smallest absolute Gasteiger partial charge is 0.286 e. The number of rotatable bonds is 3. The van der Waals surface area contributed by atoms with Gasteiger partial charge in [0.1, 0.15) is 5.58 Å². The fourth-order valence-electron chi connectivity index (χ4n) is 1.63. The SMILES string of the molecule is NC(=O)c1oc2ccc(CCO)cc2c1N. The Balaban J connectivity index is 2.59. The number of carbonyl (C=O) groups excluding carboxylic acids is 1. The van der Waals surface area contributed by atoms with Gasteiger partial charge in [0.2, 0.25) is 5.76 Å². The van der Waals surface area contributed by atoms with E-state index in [9.17, 15) is 4.79 Å². The van der Waals surface area contributed by atoms with Crippen LogP contribution in [0.15, 0.2) is 22.6 Å². The Morgan fingerprint density at radius 2 is 2.19 bits per heavy atom. The highest BCUT2D eigenvalue weighted by Gasteiger charge is 2.15. The van der Waals surface area contributed by atoms with E-state index in [0.29, 0.717) is 17.4 Å². The van der Waals surface area contributed by atoms with E-state index in [4.69, 9.17) is 21.0 Å². The number of aliphatic hydroxyl groups is 1. The summed E-state index contributed by atoms with van der Waals surface area (Å²) in [5.41, 5.74) is 12.6. The summed E-state index contributed by atoms with van der Waals surface area (Å²) >= 11 is 0. The molecule has 0 aliphatic rings. The van der Waals surface area contributed by atoms with Crippen molar-refractivity contribution >= 4 is 22.6 Å². The number of primary amides is 1. The Morgan fingerprint density at radius 3 is 2.81 bits per heavy atom. The normalized spacial score (nSPS) is 10.8. The molecule has 0 unspecified atom stereocenters. The van der Waals surface area contributed by atoms with E-state index >= 15 is 0 Å². The number of amides is 1. The highest BCUT2D eigenvalue weighted by Crippen LogP contribution is 2.28. The molecule has 1 heterocycles. The maximum absolute atomic E-state index is 11.0. The second kappa shape index (κ2) is 3.86. The average molecular weight is 220 g/mol. The summed E-state index contributed by atoms with van der Waals surface area (Å²) in [7, 11) is 0. The maximum Gasteiger partial charge on any atom is 0.286 e. The fraction of sp³-hybridized carbons (Fsp3) is 0.182. The minimum absolute atomic E-state index is 0.0175. The predicted octanol–water partition coefficient (Wildman–Crippen LogP) is 0.649. The van der Waals surface area contributed by atoms with Crippen LogP contribution in [0.4, 0.5) is 5.69 Å². The first kappa shape index (κ1) is 10.5. The summed E-state index contributed by atoms with van der Waals surface area (Å²) in [6.45, 7) is 0.0614. The van der Waals surface area contributed by atoms with Crippen LogP contribution in [-0.4, -0.2) is 17.6 Å². The minimum atomic E-state index is -0.683. The van der Waals surface area contributed by atoms with Gasteiger partial charge in [0.05, 0.1) is 5.69 Å². The first-order valence-electron chi connectivity index (χ1n) is 4.85. The number of anilines is 1. The van der Waals surface area contributed by atoms with E-state index in [1.165, 1.54) is 0 Å². The van der Waals surface area contributed by atoms with E-state index in [1.807, 2.05) is 6.07 Å². The van der Waals surface area contributed by atoms with Gasteiger partial charge in [0.15, 0.2) is 0 Å². The zero-order valence-corrected chi connectivity index (χ0v) is 8.56. The molecule has 0 aliphatic heterocycles. The van der Waals surface area contributed by atoms with Gasteiger partial charge in [-0.2, -0.15) is 0 Å². The van der Waals surface area contributed by atoms with Crippen molar-refractivity contribution in [3.8, 4) is 0 Å². The van der Waals surface area contributed by atoms with Gasteiger partial charge in [-0.05, 0) is 24.1 Å². The molecule has 0 aliphatic carbocycles. The quantitative estimate of drug-likeness (QED) is 0.706. The van der Waals surface area contributed by atoms with Gasteiger partial charge in [0, 0.05) is 12.0 Å². The predicted molar refractivity (Wildman–Crippen MR) is 59.9 cm³/mol. The lowest BCUT2D eigenvalue weighted by atomic mass is 10.1. The molecule has 0 spiro atoms. The highest BCUT2D eigenvalue weighted by atomic mass is 16.3. The molecule has 0 atom stereocenters. The van der Waals surface area contributed by atoms with E-state index < -0.39 is 5.91 Å². The molecule has 2 rings (SSSR count). The van der Waals surface area contributed by atoms with Crippen LogP contribution in [0.25, 0.3) is 11.0 Å². The lowest BCUT2D eigenvalue weighted by molar-refractivity contribution is 0.0977. The van der Waals surface area contributed by atoms with Crippen LogP contribution in [0.2, 0.25) is 0 Å². The molecule has 0 saturated carbocycles. The molecule has 1 aromatic carbocycles. The summed E-state index contributed by atoms with van der Waals surface area (Å²) < 4.78 is 5.23. The van der Waals surface area contributed by atoms with Crippen LogP contribution in [0.3, 0.4) is 0 Å². The zero-order chi connectivity index (χ0) is 11.7. The Bertz CT molecular complexity index is 545. The number of furan rings is 1. The number of aliphatic hydroxyl groups excluding tert-OH is 1. The molecule has 0 fully saturated rings. The monoisotopic (exact) mass is 220 g/mol. The molecule has 84 valence electrons. The van der Waals surface area contributed by atoms with Crippen molar-refractivity contribution in [2.24, 2.45) is 5.73 Å². The third kappa shape index (κ3) is 1.61. The van der Waals surface area contributed by atoms with Crippen LogP contribution in [-0.2, 0) is 6.42 Å². The molecule has 0 saturated heterocycles. The van der Waals surface area contributed by atoms with Crippen molar-refractivity contribution < 1.29 is 14.3 Å². The number of hydrogen-bond donors (Lipinski definition) is 3. The third-order valence-electron chi connectivity index (χ3n) is 2.42. The molecule has 1 amide bonds. The number of hydrogen-bond acceptors (Lipinski definition) is 4. The van der Waals surface area contributed by atoms with Crippen molar-refractivity contribution in [1.29, 1.82) is 0 Å². The summed E-state index contributed by atoms with van der Waals surface area (Å²) in [4.78, 5) is 11.0. The number of nitrogen functional groups attached to an aromatic ring is 1. The van der Waals surface area contributed by atoms with Gasteiger partial charge < -0.3 is 21.0 Å². The largest absolute Gasteiger partial charge is 0.449 e. The summed E-state index contributed by atoms with van der Waals surface area (Å²) in [5.74, 6) is -0.700. The molecular weight excluding hydrogens is 208 g/mol. The van der Waals surface area contributed by atoms with Crippen molar-refractivity contribution in [2.45, 2.75) is 6.42 Å². The van der Waals surface area contributed by atoms with Crippen LogP contribution >= 0.6 is 0 Å². The van der Waals surface area contributed by atoms with Crippen LogP contribution in [0.1, 0.15) is 16.1 Å². The maximum atomic E-state index is 11.0. The molecule has 5 N–H and O–H groups in total. The van der Waals surface area contributed by atoms with Crippen LogP contribution in [0.5, 0.6) is 0 Å². The number of carbonyl (C=O) groups is 1. The van der Waals surface area contributed by atoms with Crippen molar-refractivity contribution in [3.05, 3.63) is 29.5 Å². The zero-order valence-electron chi connectivity index (χ0n) is 8.56. The van der Waals surface area contributed by atoms with Crippen LogP contribution < -0.4 is 11.5 Å². The topological polar surface area (TPSA) is 102 Å². The summed E-state index contributed by atoms with van der Waals surface area (Å²) in [6.07, 6.45) is 0.534. The first-order chi connectivity index (χ1) is 7.63. The van der Waals surface area contributed by atoms with Gasteiger partial charge in [-0.15, -0.1) is 0 Å². The second-order valence-corrected chi connectivity index (χ2v) is 3.51. The van der Waals surface area contributed by atoms with E-state index in [1.54, 1.807) is 12.1 Å². The Morgan fingerprint density at radius 1 is 1.44 bits per heavy atom. The minimum Gasteiger partial charge on any atom is -0.449 e. The number of nitrogens with two attached hydrogens (primary N) is 2. The van der Waals surface area contributed by atoms with Gasteiger partial charge in [-0.1, -0.05) is 6.07 Å². The Hall–Kier alpha value is -2.01. The molecule has 1 aromatic heterocycles. The molecule has 5 nitrogen and oxygen atoms in total. The lowest BCUT2D eigenvalue weighted by Gasteiger charge is -1.97. The molecule has 0 bridgehead atoms. The van der Waals surface area contributed by atoms with Crippen LogP contribution in [0, 0.1) is 0 Å². The van der Waals surface area contributed by atoms with E-state index in [0.717, 1.165) is 5.56 Å². The molecule has 0 radical (unpaired) electrons. The standard InChI is InChI=1S/C11H12N2O3/c12-9-7-5-6(3-4-14)1-2-8(7)16-10(9)11(13)15/h1-2,5,14H,3-4,12H2,(H2,13,15). The summed E-state index contributed by atoms with van der Waals surface area (Å²) in [6, 6.07) is 5.31. The van der Waals surface area contributed by atoms with Gasteiger partial charge >= 0.3 is 0 Å². The number of benzene rings is 1. The molecule has 2 aromatic rings. The number of fused-ring (bicyclic) bond motifs is 1. The summed E-state index contributed by atoms with van der Waals surface area (Å²) in [5, 5.41) is 9.48. The van der Waals surface area contributed by atoms with E-state index in [-0.39, 0.29) is 18.1 Å².